The molecule has 0 aliphatic rings. The molecule has 0 bridgehead atoms. The number of benzene rings is 1. The van der Waals surface area contributed by atoms with Crippen molar-refractivity contribution >= 4 is 5.91 Å². The lowest BCUT2D eigenvalue weighted by atomic mass is 9.97. The van der Waals surface area contributed by atoms with E-state index in [4.69, 9.17) is 0 Å². The summed E-state index contributed by atoms with van der Waals surface area (Å²) in [4.78, 5) is 16.4. The summed E-state index contributed by atoms with van der Waals surface area (Å²) in [6.45, 7) is -0.410. The molecule has 7 nitrogen and oxygen atoms in total. The first-order valence-electron chi connectivity index (χ1n) is 8.83. The van der Waals surface area contributed by atoms with Gasteiger partial charge in [0.05, 0.1) is 0 Å². The molecule has 1 amide bonds. The maximum Gasteiger partial charge on any atom is 0.424 e. The Morgan fingerprint density at radius 2 is 1.90 bits per heavy atom. The number of aryl methyl sites for hydroxylation is 1. The second-order valence-electron chi connectivity index (χ2n) is 6.56. The zero-order valence-electron chi connectivity index (χ0n) is 15.5. The van der Waals surface area contributed by atoms with Crippen molar-refractivity contribution in [3.63, 3.8) is 0 Å². The van der Waals surface area contributed by atoms with Gasteiger partial charge in [0.15, 0.2) is 6.04 Å². The van der Waals surface area contributed by atoms with E-state index in [0.29, 0.717) is 5.56 Å². The number of alkyl halides is 3. The number of amides is 1. The molecule has 0 aliphatic heterocycles. The fraction of sp³-hybridized carbons (Fsp3) is 0.316. The molecule has 10 heteroatoms. The molecule has 0 radical (unpaired) electrons. The molecule has 0 spiro atoms. The molecule has 0 fully saturated rings. The predicted molar refractivity (Wildman–Crippen MR) is 97.6 cm³/mol. The smallest absolute Gasteiger partial charge is 0.374 e. The minimum Gasteiger partial charge on any atom is -0.374 e. The summed E-state index contributed by atoms with van der Waals surface area (Å²) < 4.78 is 43.3. The van der Waals surface area contributed by atoms with Crippen LogP contribution in [0.3, 0.4) is 0 Å². The lowest BCUT2D eigenvalue weighted by molar-refractivity contribution is -0.272. The van der Waals surface area contributed by atoms with Gasteiger partial charge >= 0.3 is 6.18 Å². The van der Waals surface area contributed by atoms with Crippen LogP contribution >= 0.6 is 0 Å². The number of aromatic nitrogens is 4. The third-order valence-corrected chi connectivity index (χ3v) is 4.60. The Morgan fingerprint density at radius 1 is 1.17 bits per heavy atom. The van der Waals surface area contributed by atoms with E-state index in [1.54, 1.807) is 42.6 Å². The molecule has 29 heavy (non-hydrogen) atoms. The molecule has 1 aromatic carbocycles. The van der Waals surface area contributed by atoms with Gasteiger partial charge in [-0.3, -0.25) is 9.48 Å². The van der Waals surface area contributed by atoms with Crippen LogP contribution in [0, 0.1) is 0 Å². The first-order chi connectivity index (χ1) is 13.7. The second-order valence-corrected chi connectivity index (χ2v) is 6.56. The van der Waals surface area contributed by atoms with Gasteiger partial charge in [-0.25, -0.2) is 4.98 Å². The zero-order valence-corrected chi connectivity index (χ0v) is 15.5. The van der Waals surface area contributed by atoms with Gasteiger partial charge in [-0.2, -0.15) is 18.3 Å². The lowest BCUT2D eigenvalue weighted by Crippen LogP contribution is -2.47. The molecule has 3 aromatic rings. The topological polar surface area (TPSA) is 85.0 Å². The first kappa shape index (κ1) is 20.6. The highest BCUT2D eigenvalue weighted by Gasteiger charge is 2.57. The van der Waals surface area contributed by atoms with E-state index < -0.39 is 42.5 Å². The fourth-order valence-corrected chi connectivity index (χ4v) is 3.10. The number of rotatable bonds is 7. The van der Waals surface area contributed by atoms with Crippen molar-refractivity contribution in [3.8, 4) is 0 Å². The van der Waals surface area contributed by atoms with Crippen LogP contribution in [-0.2, 0) is 17.4 Å². The first-order valence-corrected chi connectivity index (χ1v) is 8.83. The van der Waals surface area contributed by atoms with Gasteiger partial charge in [0.25, 0.3) is 0 Å². The Kier molecular flexibility index (Phi) is 5.73. The van der Waals surface area contributed by atoms with E-state index in [2.05, 4.69) is 15.4 Å². The molecule has 2 aromatic heterocycles. The fourth-order valence-electron chi connectivity index (χ4n) is 3.10. The quantitative estimate of drug-likeness (QED) is 0.629. The zero-order chi connectivity index (χ0) is 21.1. The van der Waals surface area contributed by atoms with E-state index in [0.717, 1.165) is 4.57 Å². The van der Waals surface area contributed by atoms with Gasteiger partial charge in [0, 0.05) is 44.8 Å². The number of carbonyl (C=O) groups is 1. The predicted octanol–water partition coefficient (Wildman–Crippen LogP) is 2.16. The van der Waals surface area contributed by atoms with Crippen LogP contribution in [0.15, 0.2) is 61.2 Å². The Bertz CT molecular complexity index is 940. The molecule has 3 rings (SSSR count). The van der Waals surface area contributed by atoms with Gasteiger partial charge in [0.1, 0.15) is 5.82 Å². The highest BCUT2D eigenvalue weighted by molar-refractivity contribution is 5.83. The Labute approximate surface area is 164 Å². The van der Waals surface area contributed by atoms with Crippen molar-refractivity contribution in [2.24, 2.45) is 7.05 Å². The van der Waals surface area contributed by atoms with Crippen molar-refractivity contribution in [1.82, 2.24) is 24.6 Å². The van der Waals surface area contributed by atoms with Gasteiger partial charge < -0.3 is 15.0 Å². The van der Waals surface area contributed by atoms with Crippen molar-refractivity contribution in [2.75, 3.05) is 6.54 Å². The minimum absolute atomic E-state index is 0.410. The van der Waals surface area contributed by atoms with Crippen molar-refractivity contribution in [1.29, 1.82) is 0 Å². The van der Waals surface area contributed by atoms with E-state index in [9.17, 15) is 23.1 Å². The van der Waals surface area contributed by atoms with Gasteiger partial charge in [0.2, 0.25) is 11.5 Å². The van der Waals surface area contributed by atoms with Crippen LogP contribution in [-0.4, -0.2) is 43.1 Å². The van der Waals surface area contributed by atoms with Crippen molar-refractivity contribution < 1.29 is 23.1 Å². The summed E-state index contributed by atoms with van der Waals surface area (Å²) in [7, 11) is 1.36. The molecule has 0 saturated carbocycles. The van der Waals surface area contributed by atoms with E-state index in [1.807, 2.05) is 0 Å². The molecule has 0 saturated heterocycles. The van der Waals surface area contributed by atoms with Gasteiger partial charge in [-0.15, -0.1) is 0 Å². The maximum absolute atomic E-state index is 13.6. The number of nitrogens with zero attached hydrogens (tertiary/aromatic N) is 4. The molecule has 154 valence electrons. The molecular formula is C19H20F3N5O2. The number of halogens is 3. The van der Waals surface area contributed by atoms with Crippen molar-refractivity contribution in [3.05, 3.63) is 72.6 Å². The number of nitrogens with one attached hydrogen (secondary N) is 1. The summed E-state index contributed by atoms with van der Waals surface area (Å²) in [6, 6.07) is 9.55. The standard InChI is InChI=1S/C19H20F3N5O2/c1-26-13-11-24-17(26)18(29,19(20,21)22)8-10-23-16(28)15(27-12-5-9-25-27)14-6-3-2-4-7-14/h2-7,9,11-13,15,29H,8,10H2,1H3,(H,23,28). The molecule has 2 unspecified atom stereocenters. The van der Waals surface area contributed by atoms with Gasteiger partial charge in [-0.1, -0.05) is 30.3 Å². The summed E-state index contributed by atoms with van der Waals surface area (Å²) in [5, 5.41) is 16.9. The number of carbonyl (C=O) groups excluding carboxylic acids is 1. The molecule has 2 N–H and O–H groups in total. The Balaban J connectivity index is 1.77. The van der Waals surface area contributed by atoms with E-state index in [-0.39, 0.29) is 0 Å². The maximum atomic E-state index is 13.6. The molecule has 0 aliphatic carbocycles. The third-order valence-electron chi connectivity index (χ3n) is 4.60. The highest BCUT2D eigenvalue weighted by Crippen LogP contribution is 2.40. The van der Waals surface area contributed by atoms with Crippen LogP contribution in [0.2, 0.25) is 0 Å². The highest BCUT2D eigenvalue weighted by atomic mass is 19.4. The lowest BCUT2D eigenvalue weighted by Gasteiger charge is -2.30. The van der Waals surface area contributed by atoms with Crippen LogP contribution in [0.1, 0.15) is 23.9 Å². The molecule has 2 heterocycles. The van der Waals surface area contributed by atoms with Crippen molar-refractivity contribution in [2.45, 2.75) is 24.2 Å². The average Bonchev–Trinajstić information content (AvgIpc) is 3.34. The number of aliphatic hydroxyl groups is 1. The van der Waals surface area contributed by atoms with Gasteiger partial charge in [-0.05, 0) is 11.6 Å². The summed E-state index contributed by atoms with van der Waals surface area (Å²) in [6.07, 6.45) is -0.156. The average molecular weight is 407 g/mol. The normalized spacial score (nSPS) is 14.9. The Hall–Kier alpha value is -3.14. The number of hydrogen-bond acceptors (Lipinski definition) is 4. The van der Waals surface area contributed by atoms with Crippen LogP contribution in [0.5, 0.6) is 0 Å². The van der Waals surface area contributed by atoms with Crippen LogP contribution in [0.25, 0.3) is 0 Å². The monoisotopic (exact) mass is 407 g/mol. The van der Waals surface area contributed by atoms with E-state index >= 15 is 0 Å². The van der Waals surface area contributed by atoms with Crippen LogP contribution in [0.4, 0.5) is 13.2 Å². The summed E-state index contributed by atoms with van der Waals surface area (Å²) >= 11 is 0. The SMILES string of the molecule is Cn1ccnc1C(O)(CCNC(=O)C(c1ccccc1)n1cccn1)C(F)(F)F. The third kappa shape index (κ3) is 4.16. The molecule has 2 atom stereocenters. The summed E-state index contributed by atoms with van der Waals surface area (Å²) in [5.41, 5.74) is -2.56. The summed E-state index contributed by atoms with van der Waals surface area (Å²) in [5.74, 6) is -1.07. The number of hydrogen-bond donors (Lipinski definition) is 2. The molecular weight excluding hydrogens is 387 g/mol. The van der Waals surface area contributed by atoms with Crippen LogP contribution < -0.4 is 5.32 Å². The second kappa shape index (κ2) is 8.08. The number of imidazole rings is 1. The minimum atomic E-state index is -4.96. The Morgan fingerprint density at radius 3 is 2.45 bits per heavy atom. The largest absolute Gasteiger partial charge is 0.424 e. The van der Waals surface area contributed by atoms with E-state index in [1.165, 1.54) is 30.3 Å².